The van der Waals surface area contributed by atoms with E-state index < -0.39 is 0 Å². The summed E-state index contributed by atoms with van der Waals surface area (Å²) in [5, 5.41) is 3.41. The van der Waals surface area contributed by atoms with Crippen LogP contribution in [-0.4, -0.2) is 37.1 Å². The third kappa shape index (κ3) is 4.27. The summed E-state index contributed by atoms with van der Waals surface area (Å²) in [7, 11) is 0. The Morgan fingerprint density at radius 3 is 3.17 bits per heavy atom. The largest absolute Gasteiger partial charge is 0.373 e. The molecule has 0 aliphatic carbocycles. The van der Waals surface area contributed by atoms with Crippen molar-refractivity contribution in [1.82, 2.24) is 10.3 Å². The van der Waals surface area contributed by atoms with Gasteiger partial charge in [0.1, 0.15) is 6.61 Å². The fraction of sp³-hybridized carbons (Fsp3) is 0.643. The molecule has 1 saturated heterocycles. The first-order valence-corrected chi connectivity index (χ1v) is 6.81. The lowest BCUT2D eigenvalue weighted by Gasteiger charge is -2.22. The molecule has 2 heterocycles. The molecule has 100 valence electrons. The van der Waals surface area contributed by atoms with Crippen molar-refractivity contribution in [2.45, 2.75) is 25.7 Å². The second-order valence-corrected chi connectivity index (χ2v) is 4.91. The fourth-order valence-electron chi connectivity index (χ4n) is 2.39. The molecule has 4 nitrogen and oxygen atoms in total. The summed E-state index contributed by atoms with van der Waals surface area (Å²) in [6.45, 7) is 3.17. The van der Waals surface area contributed by atoms with Gasteiger partial charge in [0.2, 0.25) is 5.78 Å². The number of ether oxygens (including phenoxy) is 1. The molecule has 1 aromatic rings. The highest BCUT2D eigenvalue weighted by Crippen LogP contribution is 2.15. The van der Waals surface area contributed by atoms with Crippen LogP contribution in [0.15, 0.2) is 18.3 Å². The summed E-state index contributed by atoms with van der Waals surface area (Å²) in [5.74, 6) is 0.820. The molecule has 0 bridgehead atoms. The summed E-state index contributed by atoms with van der Waals surface area (Å²) in [6.07, 6.45) is 6.61. The van der Waals surface area contributed by atoms with Gasteiger partial charge in [-0.1, -0.05) is 0 Å². The van der Waals surface area contributed by atoms with E-state index in [1.165, 1.54) is 19.3 Å². The van der Waals surface area contributed by atoms with Crippen LogP contribution in [0.25, 0.3) is 0 Å². The minimum absolute atomic E-state index is 0.0272. The number of hydrogen-bond donors (Lipinski definition) is 2. The van der Waals surface area contributed by atoms with E-state index in [1.807, 2.05) is 6.07 Å². The molecule has 1 aliphatic heterocycles. The van der Waals surface area contributed by atoms with Crippen molar-refractivity contribution in [3.8, 4) is 0 Å². The first kappa shape index (κ1) is 13.3. The number of rotatable bonds is 7. The maximum Gasteiger partial charge on any atom is 0.204 e. The summed E-state index contributed by atoms with van der Waals surface area (Å²) in [5.41, 5.74) is 0.631. The number of Topliss-reactive ketones (excluding diaryl/α,β-unsaturated/α-hetero) is 1. The molecule has 0 radical (unpaired) electrons. The number of aromatic nitrogens is 1. The number of piperidine rings is 1. The number of ketones is 1. The minimum Gasteiger partial charge on any atom is -0.373 e. The molecule has 0 amide bonds. The second kappa shape index (κ2) is 7.34. The van der Waals surface area contributed by atoms with Crippen molar-refractivity contribution in [2.24, 2.45) is 5.92 Å². The Kier molecular flexibility index (Phi) is 5.42. The van der Waals surface area contributed by atoms with E-state index in [2.05, 4.69) is 10.3 Å². The molecule has 1 aliphatic rings. The van der Waals surface area contributed by atoms with Gasteiger partial charge < -0.3 is 15.0 Å². The molecule has 1 fully saturated rings. The van der Waals surface area contributed by atoms with Crippen LogP contribution < -0.4 is 5.32 Å². The minimum atomic E-state index is 0.0272. The number of hydrogen-bond acceptors (Lipinski definition) is 3. The summed E-state index contributed by atoms with van der Waals surface area (Å²) < 4.78 is 5.42. The SMILES string of the molecule is O=C(COCCC[C@@H]1CCCNC1)c1ccc[nH]1. The molecule has 1 aromatic heterocycles. The van der Waals surface area contributed by atoms with E-state index in [0.29, 0.717) is 12.3 Å². The zero-order valence-corrected chi connectivity index (χ0v) is 10.8. The summed E-state index contributed by atoms with van der Waals surface area (Å²) in [4.78, 5) is 14.5. The predicted molar refractivity (Wildman–Crippen MR) is 70.8 cm³/mol. The number of carbonyl (C=O) groups is 1. The first-order chi connectivity index (χ1) is 8.86. The topological polar surface area (TPSA) is 54.1 Å². The lowest BCUT2D eigenvalue weighted by molar-refractivity contribution is 0.0741. The maximum atomic E-state index is 11.6. The van der Waals surface area contributed by atoms with Crippen molar-refractivity contribution in [2.75, 3.05) is 26.3 Å². The number of carbonyl (C=O) groups excluding carboxylic acids is 1. The van der Waals surface area contributed by atoms with Crippen LogP contribution in [-0.2, 0) is 4.74 Å². The van der Waals surface area contributed by atoms with Gasteiger partial charge in [0.05, 0.1) is 5.69 Å². The average molecular weight is 250 g/mol. The van der Waals surface area contributed by atoms with Crippen LogP contribution in [0.3, 0.4) is 0 Å². The lowest BCUT2D eigenvalue weighted by Crippen LogP contribution is -2.29. The summed E-state index contributed by atoms with van der Waals surface area (Å²) >= 11 is 0. The molecule has 2 rings (SSSR count). The van der Waals surface area contributed by atoms with E-state index >= 15 is 0 Å². The zero-order chi connectivity index (χ0) is 12.6. The number of aromatic amines is 1. The monoisotopic (exact) mass is 250 g/mol. The van der Waals surface area contributed by atoms with Gasteiger partial charge in [-0.25, -0.2) is 0 Å². The quantitative estimate of drug-likeness (QED) is 0.575. The molecule has 4 heteroatoms. The maximum absolute atomic E-state index is 11.6. The van der Waals surface area contributed by atoms with Crippen molar-refractivity contribution in [3.05, 3.63) is 24.0 Å². The normalized spacial score (nSPS) is 19.9. The van der Waals surface area contributed by atoms with Crippen LogP contribution in [0.4, 0.5) is 0 Å². The highest BCUT2D eigenvalue weighted by atomic mass is 16.5. The fourth-order valence-corrected chi connectivity index (χ4v) is 2.39. The number of H-pyrrole nitrogens is 1. The van der Waals surface area contributed by atoms with Gasteiger partial charge in [-0.05, 0) is 56.8 Å². The van der Waals surface area contributed by atoms with Crippen molar-refractivity contribution < 1.29 is 9.53 Å². The molecule has 18 heavy (non-hydrogen) atoms. The van der Waals surface area contributed by atoms with Crippen LogP contribution in [0, 0.1) is 5.92 Å². The highest BCUT2D eigenvalue weighted by Gasteiger charge is 2.12. The van der Waals surface area contributed by atoms with Crippen molar-refractivity contribution in [1.29, 1.82) is 0 Å². The average Bonchev–Trinajstić information content (AvgIpc) is 2.93. The van der Waals surface area contributed by atoms with E-state index in [0.717, 1.165) is 25.4 Å². The first-order valence-electron chi connectivity index (χ1n) is 6.81. The molecule has 0 unspecified atom stereocenters. The summed E-state index contributed by atoms with van der Waals surface area (Å²) in [6, 6.07) is 3.60. The standard InChI is InChI=1S/C14H22N2O2/c17-14(13-6-2-8-16-13)11-18-9-3-5-12-4-1-7-15-10-12/h2,6,8,12,15-16H,1,3-5,7,9-11H2/t12-/m0/s1. The van der Waals surface area contributed by atoms with E-state index in [4.69, 9.17) is 4.74 Å². The van der Waals surface area contributed by atoms with E-state index in [9.17, 15) is 4.79 Å². The van der Waals surface area contributed by atoms with Gasteiger partial charge in [0.25, 0.3) is 0 Å². The Morgan fingerprint density at radius 1 is 1.50 bits per heavy atom. The Labute approximate surface area is 108 Å². The van der Waals surface area contributed by atoms with Crippen LogP contribution in [0.1, 0.15) is 36.2 Å². The van der Waals surface area contributed by atoms with Gasteiger partial charge >= 0.3 is 0 Å². The molecular formula is C14H22N2O2. The molecule has 1 atom stereocenters. The van der Waals surface area contributed by atoms with Crippen molar-refractivity contribution >= 4 is 5.78 Å². The zero-order valence-electron chi connectivity index (χ0n) is 10.8. The Balaban J connectivity index is 1.52. The molecule has 0 aromatic carbocycles. The molecule has 0 spiro atoms. The van der Waals surface area contributed by atoms with Crippen LogP contribution in [0.2, 0.25) is 0 Å². The number of nitrogens with one attached hydrogen (secondary N) is 2. The second-order valence-electron chi connectivity index (χ2n) is 4.91. The van der Waals surface area contributed by atoms with Gasteiger partial charge in [0.15, 0.2) is 0 Å². The smallest absolute Gasteiger partial charge is 0.204 e. The van der Waals surface area contributed by atoms with Gasteiger partial charge in [0, 0.05) is 12.8 Å². The molecule has 2 N–H and O–H groups in total. The Hall–Kier alpha value is -1.13. The lowest BCUT2D eigenvalue weighted by atomic mass is 9.95. The van der Waals surface area contributed by atoms with Gasteiger partial charge in [-0.2, -0.15) is 0 Å². The van der Waals surface area contributed by atoms with E-state index in [-0.39, 0.29) is 12.4 Å². The Morgan fingerprint density at radius 2 is 2.44 bits per heavy atom. The van der Waals surface area contributed by atoms with E-state index in [1.54, 1.807) is 12.3 Å². The third-order valence-corrected chi connectivity index (χ3v) is 3.43. The molecular weight excluding hydrogens is 228 g/mol. The molecule has 0 saturated carbocycles. The van der Waals surface area contributed by atoms with Crippen LogP contribution >= 0.6 is 0 Å². The van der Waals surface area contributed by atoms with Gasteiger partial charge in [-0.15, -0.1) is 0 Å². The predicted octanol–water partition coefficient (Wildman–Crippen LogP) is 1.99. The highest BCUT2D eigenvalue weighted by molar-refractivity contribution is 5.95. The van der Waals surface area contributed by atoms with Crippen molar-refractivity contribution in [3.63, 3.8) is 0 Å². The Bertz CT molecular complexity index is 343. The third-order valence-electron chi connectivity index (χ3n) is 3.43. The van der Waals surface area contributed by atoms with Gasteiger partial charge in [-0.3, -0.25) is 4.79 Å². The van der Waals surface area contributed by atoms with Crippen LogP contribution in [0.5, 0.6) is 0 Å².